The second-order valence-electron chi connectivity index (χ2n) is 1.74. The highest BCUT2D eigenvalue weighted by Crippen LogP contribution is 2.11. The quantitative estimate of drug-likeness (QED) is 0.645. The van der Waals surface area contributed by atoms with Gasteiger partial charge in [-0.3, -0.25) is 0 Å². The summed E-state index contributed by atoms with van der Waals surface area (Å²) < 4.78 is 13.1. The lowest BCUT2D eigenvalue weighted by molar-refractivity contribution is 0.620. The molecule has 0 fully saturated rings. The third-order valence-electron chi connectivity index (χ3n) is 1.05. The summed E-state index contributed by atoms with van der Waals surface area (Å²) in [6, 6.07) is 6.24. The topological polar surface area (TPSA) is 23.8 Å². The highest BCUT2D eigenvalue weighted by molar-refractivity contribution is 14.1. The average molecular weight is 247 g/mol. The first-order valence-electron chi connectivity index (χ1n) is 2.59. The minimum absolute atomic E-state index is 0.334. The van der Waals surface area contributed by atoms with Crippen molar-refractivity contribution in [3.8, 4) is 6.07 Å². The second kappa shape index (κ2) is 2.97. The van der Waals surface area contributed by atoms with E-state index in [1.165, 1.54) is 6.07 Å². The molecule has 0 heterocycles. The Bertz CT molecular complexity index is 290. The standard InChI is InChI=1S/C7H3FIN/c8-6-3-5(4-10)1-2-7(6)9/h1-3H. The van der Waals surface area contributed by atoms with Crippen molar-refractivity contribution < 1.29 is 4.39 Å². The Hall–Kier alpha value is -0.630. The second-order valence-corrected chi connectivity index (χ2v) is 2.90. The van der Waals surface area contributed by atoms with E-state index in [0.29, 0.717) is 9.13 Å². The van der Waals surface area contributed by atoms with Crippen molar-refractivity contribution >= 4 is 22.6 Å². The minimum Gasteiger partial charge on any atom is -0.206 e. The SMILES string of the molecule is N#Cc1ccc(I)c(F)c1. The largest absolute Gasteiger partial charge is 0.206 e. The van der Waals surface area contributed by atoms with Gasteiger partial charge in [-0.1, -0.05) is 0 Å². The molecule has 0 spiro atoms. The van der Waals surface area contributed by atoms with Crippen molar-refractivity contribution in [1.29, 1.82) is 5.26 Å². The van der Waals surface area contributed by atoms with Gasteiger partial charge in [-0.2, -0.15) is 5.26 Å². The van der Waals surface area contributed by atoms with E-state index in [2.05, 4.69) is 0 Å². The van der Waals surface area contributed by atoms with Gasteiger partial charge >= 0.3 is 0 Å². The Morgan fingerprint density at radius 1 is 1.50 bits per heavy atom. The Kier molecular flexibility index (Phi) is 2.22. The summed E-state index contributed by atoms with van der Waals surface area (Å²) in [5.41, 5.74) is 0.359. The molecule has 0 bridgehead atoms. The van der Waals surface area contributed by atoms with E-state index in [1.807, 2.05) is 28.7 Å². The van der Waals surface area contributed by atoms with Crippen molar-refractivity contribution in [3.05, 3.63) is 33.1 Å². The average Bonchev–Trinajstić information content (AvgIpc) is 1.95. The summed E-state index contributed by atoms with van der Waals surface area (Å²) in [6.45, 7) is 0. The molecule has 0 radical (unpaired) electrons. The van der Waals surface area contributed by atoms with Crippen LogP contribution in [0.3, 0.4) is 0 Å². The van der Waals surface area contributed by atoms with E-state index in [-0.39, 0.29) is 5.82 Å². The van der Waals surface area contributed by atoms with Gasteiger partial charge in [0.05, 0.1) is 11.6 Å². The minimum atomic E-state index is -0.334. The zero-order valence-corrected chi connectivity index (χ0v) is 7.09. The molecule has 0 N–H and O–H groups in total. The Labute approximate surface area is 71.6 Å². The number of hydrogen-bond donors (Lipinski definition) is 0. The summed E-state index contributed by atoms with van der Waals surface area (Å²) in [5.74, 6) is -0.334. The molecule has 1 nitrogen and oxygen atoms in total. The molecule has 10 heavy (non-hydrogen) atoms. The van der Waals surface area contributed by atoms with Crippen molar-refractivity contribution in [3.63, 3.8) is 0 Å². The summed E-state index contributed by atoms with van der Waals surface area (Å²) in [6.07, 6.45) is 0. The molecule has 0 saturated heterocycles. The van der Waals surface area contributed by atoms with Gasteiger partial charge in [0.25, 0.3) is 0 Å². The molecule has 0 aliphatic rings. The van der Waals surface area contributed by atoms with E-state index >= 15 is 0 Å². The maximum Gasteiger partial charge on any atom is 0.137 e. The van der Waals surface area contributed by atoms with Crippen LogP contribution in [0.25, 0.3) is 0 Å². The molecule has 0 saturated carbocycles. The zero-order valence-electron chi connectivity index (χ0n) is 4.94. The van der Waals surface area contributed by atoms with Crippen molar-refractivity contribution in [2.75, 3.05) is 0 Å². The summed E-state index contributed by atoms with van der Waals surface area (Å²) >= 11 is 1.87. The summed E-state index contributed by atoms with van der Waals surface area (Å²) in [5, 5.41) is 8.33. The van der Waals surface area contributed by atoms with Crippen LogP contribution in [0, 0.1) is 20.7 Å². The maximum atomic E-state index is 12.6. The zero-order chi connectivity index (χ0) is 7.56. The van der Waals surface area contributed by atoms with Crippen LogP contribution in [0.1, 0.15) is 5.56 Å². The molecule has 1 rings (SSSR count). The van der Waals surface area contributed by atoms with Gasteiger partial charge in [-0.15, -0.1) is 0 Å². The molecular formula is C7H3FIN. The lowest BCUT2D eigenvalue weighted by atomic mass is 10.2. The van der Waals surface area contributed by atoms with E-state index < -0.39 is 0 Å². The first kappa shape index (κ1) is 7.48. The van der Waals surface area contributed by atoms with Crippen LogP contribution >= 0.6 is 22.6 Å². The number of rotatable bonds is 0. The Morgan fingerprint density at radius 3 is 2.70 bits per heavy atom. The normalized spacial score (nSPS) is 8.90. The van der Waals surface area contributed by atoms with Crippen LogP contribution in [0.5, 0.6) is 0 Å². The molecule has 0 unspecified atom stereocenters. The van der Waals surface area contributed by atoms with Crippen LogP contribution in [-0.4, -0.2) is 0 Å². The molecule has 50 valence electrons. The lowest BCUT2D eigenvalue weighted by Gasteiger charge is -1.91. The first-order valence-corrected chi connectivity index (χ1v) is 3.67. The van der Waals surface area contributed by atoms with Gasteiger partial charge in [0.1, 0.15) is 5.82 Å². The van der Waals surface area contributed by atoms with E-state index in [4.69, 9.17) is 5.26 Å². The molecule has 0 aliphatic carbocycles. The highest BCUT2D eigenvalue weighted by Gasteiger charge is 1.97. The Balaban J connectivity index is 3.20. The van der Waals surface area contributed by atoms with Crippen LogP contribution in [0.4, 0.5) is 4.39 Å². The van der Waals surface area contributed by atoms with E-state index in [9.17, 15) is 4.39 Å². The first-order chi connectivity index (χ1) is 4.74. The molecule has 1 aromatic rings. The van der Waals surface area contributed by atoms with Crippen molar-refractivity contribution in [2.45, 2.75) is 0 Å². The fraction of sp³-hybridized carbons (Fsp3) is 0. The number of nitriles is 1. The fourth-order valence-electron chi connectivity index (χ4n) is 0.566. The van der Waals surface area contributed by atoms with E-state index in [1.54, 1.807) is 12.1 Å². The van der Waals surface area contributed by atoms with Crippen LogP contribution in [0.2, 0.25) is 0 Å². The number of benzene rings is 1. The summed E-state index contributed by atoms with van der Waals surface area (Å²) in [4.78, 5) is 0. The predicted molar refractivity (Wildman–Crippen MR) is 43.8 cm³/mol. The number of nitrogens with zero attached hydrogens (tertiary/aromatic N) is 1. The molecule has 0 aliphatic heterocycles. The predicted octanol–water partition coefficient (Wildman–Crippen LogP) is 2.30. The smallest absolute Gasteiger partial charge is 0.137 e. The van der Waals surface area contributed by atoms with Gasteiger partial charge in [0.2, 0.25) is 0 Å². The molecule has 3 heteroatoms. The van der Waals surface area contributed by atoms with Crippen molar-refractivity contribution in [1.82, 2.24) is 0 Å². The monoisotopic (exact) mass is 247 g/mol. The van der Waals surface area contributed by atoms with Gasteiger partial charge in [0.15, 0.2) is 0 Å². The maximum absolute atomic E-state index is 12.6. The van der Waals surface area contributed by atoms with Gasteiger partial charge in [-0.05, 0) is 40.8 Å². The van der Waals surface area contributed by atoms with Gasteiger partial charge in [-0.25, -0.2) is 4.39 Å². The Morgan fingerprint density at radius 2 is 2.20 bits per heavy atom. The van der Waals surface area contributed by atoms with Crippen molar-refractivity contribution in [2.24, 2.45) is 0 Å². The molecule has 0 aromatic heterocycles. The van der Waals surface area contributed by atoms with Crippen LogP contribution in [-0.2, 0) is 0 Å². The molecule has 0 amide bonds. The molecule has 1 aromatic carbocycles. The third-order valence-corrected chi connectivity index (χ3v) is 1.92. The highest BCUT2D eigenvalue weighted by atomic mass is 127. The molecular weight excluding hydrogens is 244 g/mol. The third kappa shape index (κ3) is 1.45. The fourth-order valence-corrected chi connectivity index (χ4v) is 0.901. The lowest BCUT2D eigenvalue weighted by Crippen LogP contribution is -1.81. The van der Waals surface area contributed by atoms with E-state index in [0.717, 1.165) is 0 Å². The number of hydrogen-bond acceptors (Lipinski definition) is 1. The molecule has 0 atom stereocenters. The summed E-state index contributed by atoms with van der Waals surface area (Å²) in [7, 11) is 0. The van der Waals surface area contributed by atoms with Gasteiger partial charge in [0, 0.05) is 3.57 Å². The number of halogens is 2. The van der Waals surface area contributed by atoms with Gasteiger partial charge < -0.3 is 0 Å². The van der Waals surface area contributed by atoms with Crippen LogP contribution < -0.4 is 0 Å². The van der Waals surface area contributed by atoms with Crippen LogP contribution in [0.15, 0.2) is 18.2 Å².